The standard InChI is InChI=1S/C12H17NO3/c1-4-5-12-6-8-7-14-13-9(8)10(12)15-11(2,3)16-12/h4,8,10H,1,5-7H2,2-3H3/t8-,10-,12+/m1/s1. The van der Waals surface area contributed by atoms with E-state index in [-0.39, 0.29) is 11.7 Å². The van der Waals surface area contributed by atoms with Crippen molar-refractivity contribution in [2.24, 2.45) is 11.1 Å². The molecule has 0 bridgehead atoms. The Kier molecular flexibility index (Phi) is 1.98. The van der Waals surface area contributed by atoms with Gasteiger partial charge in [0, 0.05) is 5.92 Å². The molecule has 0 spiro atoms. The molecule has 1 saturated carbocycles. The third-order valence-electron chi connectivity index (χ3n) is 3.54. The minimum absolute atomic E-state index is 0.0620. The van der Waals surface area contributed by atoms with Gasteiger partial charge in [-0.2, -0.15) is 0 Å². The van der Waals surface area contributed by atoms with Crippen LogP contribution in [0.1, 0.15) is 26.7 Å². The summed E-state index contributed by atoms with van der Waals surface area (Å²) in [6.07, 6.45) is 3.57. The summed E-state index contributed by atoms with van der Waals surface area (Å²) >= 11 is 0. The van der Waals surface area contributed by atoms with Crippen molar-refractivity contribution >= 4 is 5.71 Å². The van der Waals surface area contributed by atoms with Gasteiger partial charge in [-0.3, -0.25) is 0 Å². The lowest BCUT2D eigenvalue weighted by Crippen LogP contribution is -2.37. The predicted molar refractivity (Wildman–Crippen MR) is 59.1 cm³/mol. The van der Waals surface area contributed by atoms with E-state index in [9.17, 15) is 0 Å². The molecule has 2 heterocycles. The molecule has 0 N–H and O–H groups in total. The van der Waals surface area contributed by atoms with Crippen LogP contribution in [0.4, 0.5) is 0 Å². The number of hydrogen-bond donors (Lipinski definition) is 0. The maximum absolute atomic E-state index is 6.11. The zero-order valence-electron chi connectivity index (χ0n) is 9.73. The van der Waals surface area contributed by atoms with Crippen LogP contribution >= 0.6 is 0 Å². The normalized spacial score (nSPS) is 43.5. The third kappa shape index (κ3) is 1.26. The van der Waals surface area contributed by atoms with E-state index in [1.165, 1.54) is 0 Å². The average Bonchev–Trinajstić information content (AvgIpc) is 2.74. The zero-order chi connectivity index (χ0) is 11.4. The van der Waals surface area contributed by atoms with E-state index in [0.717, 1.165) is 18.6 Å². The molecule has 3 aliphatic rings. The highest BCUT2D eigenvalue weighted by Crippen LogP contribution is 2.50. The summed E-state index contributed by atoms with van der Waals surface area (Å²) in [7, 11) is 0. The Morgan fingerprint density at radius 2 is 2.38 bits per heavy atom. The van der Waals surface area contributed by atoms with Gasteiger partial charge in [0.15, 0.2) is 5.79 Å². The van der Waals surface area contributed by atoms with Crippen molar-refractivity contribution in [3.8, 4) is 0 Å². The Labute approximate surface area is 95.2 Å². The quantitative estimate of drug-likeness (QED) is 0.671. The van der Waals surface area contributed by atoms with Crippen molar-refractivity contribution < 1.29 is 14.3 Å². The van der Waals surface area contributed by atoms with Gasteiger partial charge in [-0.05, 0) is 26.7 Å². The second-order valence-corrected chi connectivity index (χ2v) is 5.27. The van der Waals surface area contributed by atoms with Crippen molar-refractivity contribution in [1.29, 1.82) is 0 Å². The van der Waals surface area contributed by atoms with Crippen LogP contribution in [0.3, 0.4) is 0 Å². The fourth-order valence-corrected chi connectivity index (χ4v) is 3.12. The summed E-state index contributed by atoms with van der Waals surface area (Å²) < 4.78 is 12.1. The Balaban J connectivity index is 1.97. The van der Waals surface area contributed by atoms with Crippen LogP contribution in [0.2, 0.25) is 0 Å². The number of oxime groups is 1. The number of rotatable bonds is 2. The number of nitrogens with zero attached hydrogens (tertiary/aromatic N) is 1. The molecular formula is C12H17NO3. The van der Waals surface area contributed by atoms with E-state index in [1.54, 1.807) is 0 Å². The summed E-state index contributed by atoms with van der Waals surface area (Å²) in [4.78, 5) is 5.14. The van der Waals surface area contributed by atoms with Gasteiger partial charge in [0.2, 0.25) is 0 Å². The summed E-state index contributed by atoms with van der Waals surface area (Å²) in [5.41, 5.74) is 0.755. The van der Waals surface area contributed by atoms with Crippen LogP contribution in [0.15, 0.2) is 17.8 Å². The SMILES string of the molecule is C=CC[C@]12C[C@@H]3CON=C3[C@H]1OC(C)(C)O2. The predicted octanol–water partition coefficient (Wildman–Crippen LogP) is 1.86. The van der Waals surface area contributed by atoms with Gasteiger partial charge in [-0.1, -0.05) is 11.2 Å². The molecule has 3 atom stereocenters. The van der Waals surface area contributed by atoms with Crippen molar-refractivity contribution in [2.45, 2.75) is 44.2 Å². The smallest absolute Gasteiger partial charge is 0.164 e. The van der Waals surface area contributed by atoms with E-state index < -0.39 is 5.79 Å². The molecule has 1 aliphatic carbocycles. The van der Waals surface area contributed by atoms with Crippen molar-refractivity contribution in [3.63, 3.8) is 0 Å². The molecule has 4 nitrogen and oxygen atoms in total. The van der Waals surface area contributed by atoms with Gasteiger partial charge in [-0.25, -0.2) is 0 Å². The Morgan fingerprint density at radius 3 is 3.12 bits per heavy atom. The van der Waals surface area contributed by atoms with Gasteiger partial charge in [0.25, 0.3) is 0 Å². The van der Waals surface area contributed by atoms with Crippen LogP contribution in [0.25, 0.3) is 0 Å². The van der Waals surface area contributed by atoms with Gasteiger partial charge in [0.05, 0.1) is 5.71 Å². The van der Waals surface area contributed by atoms with E-state index in [0.29, 0.717) is 12.5 Å². The Hall–Kier alpha value is -0.870. The average molecular weight is 223 g/mol. The summed E-state index contributed by atoms with van der Waals surface area (Å²) in [6.45, 7) is 8.37. The van der Waals surface area contributed by atoms with E-state index >= 15 is 0 Å². The molecule has 0 amide bonds. The fourth-order valence-electron chi connectivity index (χ4n) is 3.12. The van der Waals surface area contributed by atoms with Crippen LogP contribution in [-0.2, 0) is 14.3 Å². The van der Waals surface area contributed by atoms with Crippen molar-refractivity contribution in [1.82, 2.24) is 0 Å². The Bertz CT molecular complexity index is 363. The van der Waals surface area contributed by atoms with Crippen molar-refractivity contribution in [2.75, 3.05) is 6.61 Å². The van der Waals surface area contributed by atoms with Gasteiger partial charge in [-0.15, -0.1) is 6.58 Å². The van der Waals surface area contributed by atoms with E-state index in [1.807, 2.05) is 19.9 Å². The second kappa shape index (κ2) is 3.08. The highest BCUT2D eigenvalue weighted by molar-refractivity contribution is 5.95. The maximum Gasteiger partial charge on any atom is 0.164 e. The first-order valence-corrected chi connectivity index (χ1v) is 5.75. The van der Waals surface area contributed by atoms with Gasteiger partial charge in [0.1, 0.15) is 18.3 Å². The number of fused-ring (bicyclic) bond motifs is 3. The molecule has 0 aromatic rings. The topological polar surface area (TPSA) is 40.0 Å². The minimum atomic E-state index is -0.538. The van der Waals surface area contributed by atoms with Crippen LogP contribution in [0.5, 0.6) is 0 Å². The lowest BCUT2D eigenvalue weighted by atomic mass is 9.94. The molecule has 0 aromatic carbocycles. The van der Waals surface area contributed by atoms with Gasteiger partial charge < -0.3 is 14.3 Å². The molecular weight excluding hydrogens is 206 g/mol. The van der Waals surface area contributed by atoms with Crippen LogP contribution < -0.4 is 0 Å². The molecule has 2 fully saturated rings. The van der Waals surface area contributed by atoms with E-state index in [2.05, 4.69) is 11.7 Å². The maximum atomic E-state index is 6.11. The third-order valence-corrected chi connectivity index (χ3v) is 3.54. The molecule has 1 saturated heterocycles. The molecule has 16 heavy (non-hydrogen) atoms. The zero-order valence-corrected chi connectivity index (χ0v) is 9.73. The highest BCUT2D eigenvalue weighted by Gasteiger charge is 2.62. The van der Waals surface area contributed by atoms with Crippen LogP contribution in [-0.4, -0.2) is 29.8 Å². The fraction of sp³-hybridized carbons (Fsp3) is 0.750. The molecule has 2 aliphatic heterocycles. The minimum Gasteiger partial charge on any atom is -0.395 e. The van der Waals surface area contributed by atoms with Gasteiger partial charge >= 0.3 is 0 Å². The lowest BCUT2D eigenvalue weighted by Gasteiger charge is -2.27. The lowest BCUT2D eigenvalue weighted by molar-refractivity contribution is -0.165. The molecule has 3 rings (SSSR count). The first kappa shape index (κ1) is 10.3. The molecule has 0 unspecified atom stereocenters. The summed E-state index contributed by atoms with van der Waals surface area (Å²) in [5, 5.41) is 4.11. The first-order valence-electron chi connectivity index (χ1n) is 5.75. The molecule has 4 heteroatoms. The molecule has 0 radical (unpaired) electrons. The number of hydrogen-bond acceptors (Lipinski definition) is 4. The van der Waals surface area contributed by atoms with Crippen molar-refractivity contribution in [3.05, 3.63) is 12.7 Å². The second-order valence-electron chi connectivity index (χ2n) is 5.27. The van der Waals surface area contributed by atoms with E-state index in [4.69, 9.17) is 14.3 Å². The molecule has 0 aromatic heterocycles. The Morgan fingerprint density at radius 1 is 1.56 bits per heavy atom. The summed E-state index contributed by atoms with van der Waals surface area (Å²) in [6, 6.07) is 0. The monoisotopic (exact) mass is 223 g/mol. The number of ether oxygens (including phenoxy) is 2. The molecule has 88 valence electrons. The van der Waals surface area contributed by atoms with Crippen LogP contribution in [0, 0.1) is 5.92 Å². The largest absolute Gasteiger partial charge is 0.395 e. The summed E-state index contributed by atoms with van der Waals surface area (Å²) in [5.74, 6) is -0.176. The highest BCUT2D eigenvalue weighted by atomic mass is 16.8. The first-order chi connectivity index (χ1) is 7.56.